The Kier molecular flexibility index (Phi) is 7.85. The zero-order valence-corrected chi connectivity index (χ0v) is 20.4. The van der Waals surface area contributed by atoms with Gasteiger partial charge in [0.25, 0.3) is 16.8 Å². The molecule has 1 aliphatic heterocycles. The number of nitrogens with zero attached hydrogens (tertiary/aromatic N) is 2. The molecule has 0 bridgehead atoms. The van der Waals surface area contributed by atoms with Gasteiger partial charge in [-0.2, -0.15) is 0 Å². The molecule has 0 saturated carbocycles. The average Bonchev–Trinajstić information content (AvgIpc) is 3.13. The number of hydrogen-bond acceptors (Lipinski definition) is 7. The summed E-state index contributed by atoms with van der Waals surface area (Å²) in [6.07, 6.45) is 1.49. The molecule has 1 aliphatic rings. The van der Waals surface area contributed by atoms with Gasteiger partial charge in [0.05, 0.1) is 14.9 Å². The number of amides is 3. The molecule has 1 heterocycles. The van der Waals surface area contributed by atoms with Gasteiger partial charge in [0, 0.05) is 23.4 Å². The zero-order valence-electron chi connectivity index (χ0n) is 18.9. The Morgan fingerprint density at radius 3 is 2.57 bits per heavy atom. The van der Waals surface area contributed by atoms with Crippen LogP contribution in [-0.2, 0) is 16.2 Å². The number of thioether (sulfide) groups is 1. The van der Waals surface area contributed by atoms with Crippen molar-refractivity contribution in [3.05, 3.63) is 104 Å². The van der Waals surface area contributed by atoms with Crippen molar-refractivity contribution >= 4 is 57.9 Å². The SMILES string of the molecule is O=C(CN1C(=O)S/C(=C\c2ccccc2OCc2ccc([N+](=O)[O-])cc2)C1=O)Nc1ccc(F)c(Cl)c1. The molecule has 0 atom stereocenters. The summed E-state index contributed by atoms with van der Waals surface area (Å²) in [4.78, 5) is 48.9. The lowest BCUT2D eigenvalue weighted by atomic mass is 10.1. The van der Waals surface area contributed by atoms with Crippen LogP contribution < -0.4 is 10.1 Å². The number of nitro groups is 1. The minimum absolute atomic E-state index is 0.0324. The lowest BCUT2D eigenvalue weighted by Gasteiger charge is -2.13. The summed E-state index contributed by atoms with van der Waals surface area (Å²) >= 11 is 6.39. The summed E-state index contributed by atoms with van der Waals surface area (Å²) in [6.45, 7) is -0.410. The van der Waals surface area contributed by atoms with Gasteiger partial charge >= 0.3 is 0 Å². The third-order valence-corrected chi connectivity index (χ3v) is 6.32. The van der Waals surface area contributed by atoms with Crippen molar-refractivity contribution in [3.8, 4) is 5.75 Å². The van der Waals surface area contributed by atoms with Crippen molar-refractivity contribution in [1.82, 2.24) is 4.90 Å². The van der Waals surface area contributed by atoms with Gasteiger partial charge in [-0.15, -0.1) is 0 Å². The summed E-state index contributed by atoms with van der Waals surface area (Å²) in [5.74, 6) is -1.52. The van der Waals surface area contributed by atoms with E-state index in [2.05, 4.69) is 5.32 Å². The van der Waals surface area contributed by atoms with Gasteiger partial charge < -0.3 is 10.1 Å². The van der Waals surface area contributed by atoms with Crippen molar-refractivity contribution < 1.29 is 28.4 Å². The van der Waals surface area contributed by atoms with Crippen LogP contribution in [0.25, 0.3) is 6.08 Å². The molecule has 1 N–H and O–H groups in total. The van der Waals surface area contributed by atoms with Crippen LogP contribution in [-0.4, -0.2) is 33.4 Å². The van der Waals surface area contributed by atoms with Gasteiger partial charge in [0.15, 0.2) is 0 Å². The fraction of sp³-hybridized carbons (Fsp3) is 0.0800. The normalized spacial score (nSPS) is 14.2. The minimum atomic E-state index is -0.655. The molecule has 1 saturated heterocycles. The topological polar surface area (TPSA) is 119 Å². The molecule has 188 valence electrons. The summed E-state index contributed by atoms with van der Waals surface area (Å²) in [5, 5.41) is 12.5. The first kappa shape index (κ1) is 25.9. The van der Waals surface area contributed by atoms with Crippen molar-refractivity contribution in [2.45, 2.75) is 6.61 Å². The Balaban J connectivity index is 1.43. The molecule has 0 aromatic heterocycles. The number of nitro benzene ring substituents is 1. The van der Waals surface area contributed by atoms with Crippen LogP contribution in [0.4, 0.5) is 20.6 Å². The molecule has 0 radical (unpaired) electrons. The molecule has 1 fully saturated rings. The molecule has 0 spiro atoms. The molecule has 0 unspecified atom stereocenters. The van der Waals surface area contributed by atoms with E-state index in [9.17, 15) is 28.9 Å². The minimum Gasteiger partial charge on any atom is -0.488 e. The first-order chi connectivity index (χ1) is 17.7. The van der Waals surface area contributed by atoms with Crippen LogP contribution in [0.1, 0.15) is 11.1 Å². The van der Waals surface area contributed by atoms with E-state index in [4.69, 9.17) is 16.3 Å². The maximum Gasteiger partial charge on any atom is 0.294 e. The number of benzene rings is 3. The molecule has 3 aromatic carbocycles. The Labute approximate surface area is 219 Å². The number of anilines is 1. The molecule has 3 aromatic rings. The molecule has 12 heteroatoms. The van der Waals surface area contributed by atoms with Crippen molar-refractivity contribution in [2.75, 3.05) is 11.9 Å². The molecule has 0 aliphatic carbocycles. The highest BCUT2D eigenvalue weighted by Gasteiger charge is 2.36. The molecular formula is C25H17ClFN3O6S. The molecule has 4 rings (SSSR count). The van der Waals surface area contributed by atoms with E-state index >= 15 is 0 Å². The average molecular weight is 542 g/mol. The summed E-state index contributed by atoms with van der Waals surface area (Å²) in [5.41, 5.74) is 1.42. The maximum atomic E-state index is 13.3. The van der Waals surface area contributed by atoms with Crippen LogP contribution in [0, 0.1) is 15.9 Å². The fourth-order valence-corrected chi connectivity index (χ4v) is 4.31. The largest absolute Gasteiger partial charge is 0.488 e. The van der Waals surface area contributed by atoms with Crippen molar-refractivity contribution in [3.63, 3.8) is 0 Å². The smallest absolute Gasteiger partial charge is 0.294 e. The van der Waals surface area contributed by atoms with E-state index in [-0.39, 0.29) is 27.9 Å². The number of nitrogens with one attached hydrogen (secondary N) is 1. The molecule has 37 heavy (non-hydrogen) atoms. The van der Waals surface area contributed by atoms with Gasteiger partial charge in [-0.05, 0) is 59.8 Å². The number of carbonyl (C=O) groups excluding carboxylic acids is 3. The second kappa shape index (κ2) is 11.2. The van der Waals surface area contributed by atoms with Crippen LogP contribution in [0.15, 0.2) is 71.6 Å². The Morgan fingerprint density at radius 1 is 1.14 bits per heavy atom. The maximum absolute atomic E-state index is 13.3. The van der Waals surface area contributed by atoms with Gasteiger partial charge in [-0.3, -0.25) is 29.4 Å². The van der Waals surface area contributed by atoms with E-state index in [1.807, 2.05) is 0 Å². The summed E-state index contributed by atoms with van der Waals surface area (Å²) in [7, 11) is 0. The molecular weight excluding hydrogens is 525 g/mol. The van der Waals surface area contributed by atoms with Crippen LogP contribution in [0.3, 0.4) is 0 Å². The predicted octanol–water partition coefficient (Wildman–Crippen LogP) is 5.64. The third kappa shape index (κ3) is 6.32. The number of ether oxygens (including phenoxy) is 1. The van der Waals surface area contributed by atoms with Gasteiger partial charge in [0.2, 0.25) is 5.91 Å². The number of non-ortho nitro benzene ring substituents is 1. The number of rotatable bonds is 8. The summed E-state index contributed by atoms with van der Waals surface area (Å²) in [6, 6.07) is 16.4. The van der Waals surface area contributed by atoms with Gasteiger partial charge in [-0.25, -0.2) is 4.39 Å². The zero-order chi connectivity index (χ0) is 26.5. The first-order valence-corrected chi connectivity index (χ1v) is 11.9. The number of para-hydroxylation sites is 1. The van der Waals surface area contributed by atoms with E-state index in [1.54, 1.807) is 36.4 Å². The van der Waals surface area contributed by atoms with Gasteiger partial charge in [-0.1, -0.05) is 29.8 Å². The van der Waals surface area contributed by atoms with E-state index in [0.717, 1.165) is 11.0 Å². The number of halogens is 2. The van der Waals surface area contributed by atoms with Gasteiger partial charge in [0.1, 0.15) is 24.7 Å². The van der Waals surface area contributed by atoms with Crippen molar-refractivity contribution in [2.24, 2.45) is 0 Å². The number of hydrogen-bond donors (Lipinski definition) is 1. The van der Waals surface area contributed by atoms with Crippen LogP contribution in [0.2, 0.25) is 5.02 Å². The highest BCUT2D eigenvalue weighted by molar-refractivity contribution is 8.18. The van der Waals surface area contributed by atoms with E-state index < -0.39 is 34.3 Å². The Morgan fingerprint density at radius 2 is 1.86 bits per heavy atom. The monoisotopic (exact) mass is 541 g/mol. The Bertz CT molecular complexity index is 1430. The van der Waals surface area contributed by atoms with E-state index in [1.165, 1.54) is 30.3 Å². The van der Waals surface area contributed by atoms with Crippen molar-refractivity contribution in [1.29, 1.82) is 0 Å². The van der Waals surface area contributed by atoms with Crippen LogP contribution >= 0.6 is 23.4 Å². The second-order valence-corrected chi connectivity index (χ2v) is 9.10. The quantitative estimate of drug-likeness (QED) is 0.222. The first-order valence-electron chi connectivity index (χ1n) is 10.7. The lowest BCUT2D eigenvalue weighted by molar-refractivity contribution is -0.384. The molecule has 9 nitrogen and oxygen atoms in total. The number of imide groups is 1. The highest BCUT2D eigenvalue weighted by atomic mass is 35.5. The van der Waals surface area contributed by atoms with E-state index in [0.29, 0.717) is 28.6 Å². The molecule has 3 amide bonds. The summed E-state index contributed by atoms with van der Waals surface area (Å²) < 4.78 is 19.1. The predicted molar refractivity (Wildman–Crippen MR) is 137 cm³/mol. The Hall–Kier alpha value is -4.22. The number of carbonyl (C=O) groups is 3. The fourth-order valence-electron chi connectivity index (χ4n) is 3.30. The lowest BCUT2D eigenvalue weighted by Crippen LogP contribution is -2.36. The third-order valence-electron chi connectivity index (χ3n) is 5.13. The highest BCUT2D eigenvalue weighted by Crippen LogP contribution is 2.34. The second-order valence-electron chi connectivity index (χ2n) is 7.69. The van der Waals surface area contributed by atoms with Crippen LogP contribution in [0.5, 0.6) is 5.75 Å². The standard InChI is InChI=1S/C25H17ClFN3O6S/c26-19-12-17(7-10-20(19)27)28-23(31)13-29-24(32)22(37-25(29)33)11-16-3-1-2-4-21(16)36-14-15-5-8-18(9-6-15)30(34)35/h1-12H,13-14H2,(H,28,31)/b22-11-.